The number of carbonyl (C=O) groups excluding carboxylic acids is 1. The maximum atomic E-state index is 12.4. The van der Waals surface area contributed by atoms with Gasteiger partial charge < -0.3 is 15.2 Å². The number of benzene rings is 1. The molecule has 2 N–H and O–H groups in total. The molecule has 1 unspecified atom stereocenters. The zero-order valence-electron chi connectivity index (χ0n) is 12.8. The number of aliphatic carboxylic acids is 1. The van der Waals surface area contributed by atoms with E-state index in [-0.39, 0.29) is 12.5 Å². The molecule has 2 heterocycles. The first kappa shape index (κ1) is 17.2. The van der Waals surface area contributed by atoms with Gasteiger partial charge in [-0.2, -0.15) is 0 Å². The molecule has 0 saturated carbocycles. The molecule has 1 fully saturated rings. The van der Waals surface area contributed by atoms with Crippen LogP contribution in [0, 0.1) is 0 Å². The zero-order valence-corrected chi connectivity index (χ0v) is 14.4. The Bertz CT molecular complexity index is 758. The fourth-order valence-electron chi connectivity index (χ4n) is 2.57. The van der Waals surface area contributed by atoms with E-state index in [1.165, 1.54) is 11.3 Å². The Labute approximate surface area is 148 Å². The Morgan fingerprint density at radius 3 is 2.79 bits per heavy atom. The Morgan fingerprint density at radius 2 is 2.08 bits per heavy atom. The molecule has 1 atom stereocenters. The SMILES string of the molecule is O=C(NC(CN1CCOCC1)C(=O)O)c1cc2ccc(Cl)cc2s1. The van der Waals surface area contributed by atoms with E-state index in [2.05, 4.69) is 5.32 Å². The van der Waals surface area contributed by atoms with E-state index in [0.29, 0.717) is 36.2 Å². The average Bonchev–Trinajstić information content (AvgIpc) is 2.98. The highest BCUT2D eigenvalue weighted by atomic mass is 35.5. The number of carboxylic acids is 1. The Morgan fingerprint density at radius 1 is 1.33 bits per heavy atom. The Balaban J connectivity index is 1.70. The monoisotopic (exact) mass is 368 g/mol. The summed E-state index contributed by atoms with van der Waals surface area (Å²) in [4.78, 5) is 26.3. The lowest BCUT2D eigenvalue weighted by Crippen LogP contribution is -2.50. The van der Waals surface area contributed by atoms with Crippen molar-refractivity contribution in [2.45, 2.75) is 6.04 Å². The number of hydrogen-bond acceptors (Lipinski definition) is 5. The van der Waals surface area contributed by atoms with E-state index in [1.54, 1.807) is 18.2 Å². The van der Waals surface area contributed by atoms with Gasteiger partial charge in [-0.15, -0.1) is 11.3 Å². The van der Waals surface area contributed by atoms with Crippen molar-refractivity contribution in [3.8, 4) is 0 Å². The van der Waals surface area contributed by atoms with Crippen LogP contribution < -0.4 is 5.32 Å². The summed E-state index contributed by atoms with van der Waals surface area (Å²) in [5.74, 6) is -1.42. The van der Waals surface area contributed by atoms with Crippen molar-refractivity contribution in [3.63, 3.8) is 0 Å². The van der Waals surface area contributed by atoms with Crippen molar-refractivity contribution in [3.05, 3.63) is 34.2 Å². The highest BCUT2D eigenvalue weighted by Gasteiger charge is 2.25. The van der Waals surface area contributed by atoms with Crippen LogP contribution in [0.4, 0.5) is 0 Å². The zero-order chi connectivity index (χ0) is 17.1. The minimum absolute atomic E-state index is 0.265. The van der Waals surface area contributed by atoms with Crippen molar-refractivity contribution in [1.29, 1.82) is 0 Å². The van der Waals surface area contributed by atoms with Crippen molar-refractivity contribution >= 4 is 44.9 Å². The van der Waals surface area contributed by atoms with Gasteiger partial charge in [0.1, 0.15) is 6.04 Å². The number of carboxylic acid groups (broad SMARTS) is 1. The number of nitrogens with zero attached hydrogens (tertiary/aromatic N) is 1. The predicted octanol–water partition coefficient (Wildman–Crippen LogP) is 2.07. The summed E-state index contributed by atoms with van der Waals surface area (Å²) in [7, 11) is 0. The standard InChI is InChI=1S/C16H17ClN2O4S/c17-11-2-1-10-7-14(24-13(10)8-11)15(20)18-12(16(21)22)9-19-3-5-23-6-4-19/h1-2,7-8,12H,3-6,9H2,(H,18,20)(H,21,22). The first-order valence-electron chi connectivity index (χ1n) is 7.56. The molecule has 0 radical (unpaired) electrons. The van der Waals surface area contributed by atoms with Gasteiger partial charge in [0.05, 0.1) is 18.1 Å². The fraction of sp³-hybridized carbons (Fsp3) is 0.375. The summed E-state index contributed by atoms with van der Waals surface area (Å²) >= 11 is 7.25. The number of ether oxygens (including phenoxy) is 1. The number of rotatable bonds is 5. The van der Waals surface area contributed by atoms with E-state index in [9.17, 15) is 14.7 Å². The Kier molecular flexibility index (Phi) is 5.35. The number of morpholine rings is 1. The van der Waals surface area contributed by atoms with Crippen LogP contribution in [0.15, 0.2) is 24.3 Å². The molecule has 1 aromatic heterocycles. The summed E-state index contributed by atoms with van der Waals surface area (Å²) in [5, 5.41) is 13.5. The molecular weight excluding hydrogens is 352 g/mol. The van der Waals surface area contributed by atoms with Crippen LogP contribution in [0.3, 0.4) is 0 Å². The van der Waals surface area contributed by atoms with Gasteiger partial charge in [0.15, 0.2) is 0 Å². The number of thiophene rings is 1. The minimum atomic E-state index is -1.04. The van der Waals surface area contributed by atoms with E-state index in [0.717, 1.165) is 10.1 Å². The summed E-state index contributed by atoms with van der Waals surface area (Å²) < 4.78 is 6.15. The smallest absolute Gasteiger partial charge is 0.327 e. The first-order valence-corrected chi connectivity index (χ1v) is 8.75. The number of nitrogens with one attached hydrogen (secondary N) is 1. The summed E-state index contributed by atoms with van der Waals surface area (Å²) in [6, 6.07) is 6.19. The lowest BCUT2D eigenvalue weighted by Gasteiger charge is -2.29. The molecule has 1 amide bonds. The van der Waals surface area contributed by atoms with Crippen LogP contribution in [0.1, 0.15) is 9.67 Å². The molecule has 128 valence electrons. The molecule has 1 saturated heterocycles. The van der Waals surface area contributed by atoms with Crippen LogP contribution in [-0.4, -0.2) is 60.8 Å². The van der Waals surface area contributed by atoms with Crippen molar-refractivity contribution in [2.24, 2.45) is 0 Å². The van der Waals surface area contributed by atoms with Gasteiger partial charge >= 0.3 is 5.97 Å². The van der Waals surface area contributed by atoms with Crippen molar-refractivity contribution in [2.75, 3.05) is 32.8 Å². The predicted molar refractivity (Wildman–Crippen MR) is 93.0 cm³/mol. The van der Waals surface area contributed by atoms with Gasteiger partial charge in [-0.25, -0.2) is 4.79 Å². The second-order valence-electron chi connectivity index (χ2n) is 5.57. The van der Waals surface area contributed by atoms with Crippen LogP contribution >= 0.6 is 22.9 Å². The molecule has 1 aromatic carbocycles. The average molecular weight is 369 g/mol. The van der Waals surface area contributed by atoms with Gasteiger partial charge in [-0.05, 0) is 23.6 Å². The summed E-state index contributed by atoms with van der Waals surface area (Å²) in [5.41, 5.74) is 0. The van der Waals surface area contributed by atoms with E-state index >= 15 is 0 Å². The molecule has 0 aliphatic carbocycles. The molecule has 8 heteroatoms. The van der Waals surface area contributed by atoms with Crippen LogP contribution in [0.2, 0.25) is 5.02 Å². The lowest BCUT2D eigenvalue weighted by molar-refractivity contribution is -0.140. The molecule has 6 nitrogen and oxygen atoms in total. The van der Waals surface area contributed by atoms with Gasteiger partial charge in [0.2, 0.25) is 0 Å². The molecule has 0 spiro atoms. The summed E-state index contributed by atoms with van der Waals surface area (Å²) in [6.45, 7) is 2.76. The number of fused-ring (bicyclic) bond motifs is 1. The van der Waals surface area contributed by atoms with Crippen molar-refractivity contribution in [1.82, 2.24) is 10.2 Å². The molecule has 1 aliphatic rings. The van der Waals surface area contributed by atoms with Gasteiger partial charge in [0, 0.05) is 29.4 Å². The topological polar surface area (TPSA) is 78.9 Å². The normalized spacial score (nSPS) is 16.9. The first-order chi connectivity index (χ1) is 11.5. The highest BCUT2D eigenvalue weighted by Crippen LogP contribution is 2.28. The third kappa shape index (κ3) is 4.05. The maximum Gasteiger partial charge on any atom is 0.327 e. The van der Waals surface area contributed by atoms with E-state index < -0.39 is 12.0 Å². The minimum Gasteiger partial charge on any atom is -0.480 e. The molecule has 3 rings (SSSR count). The fourth-order valence-corrected chi connectivity index (χ4v) is 3.82. The Hall–Kier alpha value is -1.67. The quantitative estimate of drug-likeness (QED) is 0.844. The van der Waals surface area contributed by atoms with Gasteiger partial charge in [0.25, 0.3) is 5.91 Å². The molecule has 24 heavy (non-hydrogen) atoms. The van der Waals surface area contributed by atoms with E-state index in [1.807, 2.05) is 11.0 Å². The second kappa shape index (κ2) is 7.48. The van der Waals surface area contributed by atoms with Gasteiger partial charge in [-0.3, -0.25) is 9.69 Å². The largest absolute Gasteiger partial charge is 0.480 e. The molecular formula is C16H17ClN2O4S. The van der Waals surface area contributed by atoms with E-state index in [4.69, 9.17) is 16.3 Å². The third-order valence-electron chi connectivity index (χ3n) is 3.85. The second-order valence-corrected chi connectivity index (χ2v) is 7.09. The van der Waals surface area contributed by atoms with Crippen LogP contribution in [0.25, 0.3) is 10.1 Å². The lowest BCUT2D eigenvalue weighted by atomic mass is 10.2. The van der Waals surface area contributed by atoms with Crippen LogP contribution in [-0.2, 0) is 9.53 Å². The molecule has 0 bridgehead atoms. The third-order valence-corrected chi connectivity index (χ3v) is 5.19. The van der Waals surface area contributed by atoms with Crippen LogP contribution in [0.5, 0.6) is 0 Å². The molecule has 2 aromatic rings. The number of halogens is 1. The maximum absolute atomic E-state index is 12.4. The number of carbonyl (C=O) groups is 2. The van der Waals surface area contributed by atoms with Crippen molar-refractivity contribution < 1.29 is 19.4 Å². The highest BCUT2D eigenvalue weighted by molar-refractivity contribution is 7.20. The summed E-state index contributed by atoms with van der Waals surface area (Å²) in [6.07, 6.45) is 0. The number of hydrogen-bond donors (Lipinski definition) is 2. The molecule has 1 aliphatic heterocycles. The van der Waals surface area contributed by atoms with Gasteiger partial charge in [-0.1, -0.05) is 17.7 Å². The number of amides is 1.